The summed E-state index contributed by atoms with van der Waals surface area (Å²) in [5.74, 6) is -2.16. The van der Waals surface area contributed by atoms with Crippen molar-refractivity contribution in [1.29, 1.82) is 0 Å². The van der Waals surface area contributed by atoms with Crippen LogP contribution in [-0.2, 0) is 12.4 Å². The van der Waals surface area contributed by atoms with Gasteiger partial charge in [0.25, 0.3) is 11.8 Å². The Morgan fingerprint density at radius 1 is 0.926 bits per heavy atom. The third kappa shape index (κ3) is 4.57. The molecule has 0 unspecified atom stereocenters. The number of carbonyl (C=O) groups excluding carboxylic acids is 2. The van der Waals surface area contributed by atoms with Gasteiger partial charge in [0.05, 0.1) is 22.4 Å². The van der Waals surface area contributed by atoms with E-state index in [1.807, 2.05) is 0 Å². The number of nitrogens with two attached hydrogens (primary N) is 1. The summed E-state index contributed by atoms with van der Waals surface area (Å²) in [5, 5.41) is 2.13. The summed E-state index contributed by atoms with van der Waals surface area (Å²) < 4.78 is 77.3. The fourth-order valence-corrected chi connectivity index (χ4v) is 2.38. The lowest BCUT2D eigenvalue weighted by Crippen LogP contribution is -2.20. The van der Waals surface area contributed by atoms with E-state index in [0.717, 1.165) is 0 Å². The van der Waals surface area contributed by atoms with Crippen LogP contribution in [0.25, 0.3) is 0 Å². The zero-order valence-corrected chi connectivity index (χ0v) is 13.6. The van der Waals surface area contributed by atoms with Gasteiger partial charge in [0.1, 0.15) is 0 Å². The van der Waals surface area contributed by atoms with Crippen LogP contribution in [-0.4, -0.2) is 11.8 Å². The van der Waals surface area contributed by atoms with Crippen molar-refractivity contribution in [2.45, 2.75) is 19.3 Å². The first kappa shape index (κ1) is 20.3. The van der Waals surface area contributed by atoms with Gasteiger partial charge in [0.15, 0.2) is 0 Å². The molecule has 27 heavy (non-hydrogen) atoms. The molecule has 4 nitrogen and oxygen atoms in total. The highest BCUT2D eigenvalue weighted by molar-refractivity contribution is 6.09. The summed E-state index contributed by atoms with van der Waals surface area (Å²) >= 11 is 0. The van der Waals surface area contributed by atoms with E-state index in [9.17, 15) is 35.9 Å². The summed E-state index contributed by atoms with van der Waals surface area (Å²) in [5.41, 5.74) is 1.24. The molecule has 0 aromatic heterocycles. The monoisotopic (exact) mass is 390 g/mol. The molecule has 10 heteroatoms. The highest BCUT2D eigenvalue weighted by Gasteiger charge is 2.37. The number of benzene rings is 2. The Hall–Kier alpha value is -3.04. The summed E-state index contributed by atoms with van der Waals surface area (Å²) in [4.78, 5) is 23.8. The Morgan fingerprint density at radius 3 is 1.89 bits per heavy atom. The number of amides is 2. The van der Waals surface area contributed by atoms with Crippen molar-refractivity contribution in [3.8, 4) is 0 Å². The topological polar surface area (TPSA) is 72.2 Å². The number of hydrogen-bond acceptors (Lipinski definition) is 2. The molecule has 0 fully saturated rings. The molecular formula is C17H12F6N2O2. The van der Waals surface area contributed by atoms with Crippen LogP contribution < -0.4 is 11.1 Å². The van der Waals surface area contributed by atoms with Gasteiger partial charge in [-0.2, -0.15) is 26.3 Å². The number of carbonyl (C=O) groups is 2. The second-order valence-electron chi connectivity index (χ2n) is 5.61. The highest BCUT2D eigenvalue weighted by Crippen LogP contribution is 2.36. The first-order valence-electron chi connectivity index (χ1n) is 7.31. The molecule has 0 saturated carbocycles. The second kappa shape index (κ2) is 6.93. The Labute approximate surface area is 149 Å². The molecule has 0 saturated heterocycles. The lowest BCUT2D eigenvalue weighted by molar-refractivity contribution is -0.143. The summed E-state index contributed by atoms with van der Waals surface area (Å²) in [6, 6.07) is 4.70. The lowest BCUT2D eigenvalue weighted by atomic mass is 10.0. The van der Waals surface area contributed by atoms with E-state index in [1.165, 1.54) is 25.1 Å². The second-order valence-corrected chi connectivity index (χ2v) is 5.61. The van der Waals surface area contributed by atoms with E-state index in [-0.39, 0.29) is 17.3 Å². The molecule has 0 aliphatic heterocycles. The van der Waals surface area contributed by atoms with Crippen LogP contribution in [0, 0.1) is 6.92 Å². The molecule has 0 aliphatic carbocycles. The number of anilines is 1. The van der Waals surface area contributed by atoms with Crippen molar-refractivity contribution >= 4 is 17.5 Å². The molecule has 3 N–H and O–H groups in total. The van der Waals surface area contributed by atoms with Gasteiger partial charge < -0.3 is 11.1 Å². The maximum atomic E-state index is 12.9. The molecule has 2 amide bonds. The number of hydrogen-bond donors (Lipinski definition) is 2. The molecular weight excluding hydrogens is 378 g/mol. The Morgan fingerprint density at radius 2 is 1.44 bits per heavy atom. The van der Waals surface area contributed by atoms with Gasteiger partial charge in [0, 0.05) is 5.56 Å². The smallest absolute Gasteiger partial charge is 0.366 e. The summed E-state index contributed by atoms with van der Waals surface area (Å²) in [6.45, 7) is 1.50. The zero-order valence-electron chi connectivity index (χ0n) is 13.6. The average molecular weight is 390 g/mol. The molecule has 2 rings (SSSR count). The van der Waals surface area contributed by atoms with Gasteiger partial charge in [-0.05, 0) is 36.8 Å². The standard InChI is InChI=1S/C17H12F6N2O2/c1-8-3-2-4-12(13(8)14(24)26)25-15(27)9-5-10(16(18,19)20)7-11(6-9)17(21,22)23/h2-7H,1H3,(H2,24,26)(H,25,27). The van der Waals surface area contributed by atoms with Crippen molar-refractivity contribution < 1.29 is 35.9 Å². The van der Waals surface area contributed by atoms with Gasteiger partial charge in [-0.25, -0.2) is 0 Å². The van der Waals surface area contributed by atoms with Gasteiger partial charge in [-0.15, -0.1) is 0 Å². The zero-order chi connectivity index (χ0) is 20.6. The molecule has 2 aromatic rings. The fraction of sp³-hybridized carbons (Fsp3) is 0.176. The maximum absolute atomic E-state index is 12.9. The van der Waals surface area contributed by atoms with Crippen molar-refractivity contribution in [1.82, 2.24) is 0 Å². The van der Waals surface area contributed by atoms with Crippen molar-refractivity contribution in [2.24, 2.45) is 5.73 Å². The van der Waals surface area contributed by atoms with E-state index in [2.05, 4.69) is 5.32 Å². The molecule has 0 aliphatic rings. The van der Waals surface area contributed by atoms with Gasteiger partial charge in [-0.3, -0.25) is 9.59 Å². The van der Waals surface area contributed by atoms with Crippen LogP contribution in [0.3, 0.4) is 0 Å². The molecule has 0 atom stereocenters. The number of rotatable bonds is 3. The predicted molar refractivity (Wildman–Crippen MR) is 84.1 cm³/mol. The van der Waals surface area contributed by atoms with E-state index >= 15 is 0 Å². The molecule has 0 radical (unpaired) electrons. The SMILES string of the molecule is Cc1cccc(NC(=O)c2cc(C(F)(F)F)cc(C(F)(F)F)c2)c1C(N)=O. The quantitative estimate of drug-likeness (QED) is 0.764. The average Bonchev–Trinajstić information content (AvgIpc) is 2.52. The maximum Gasteiger partial charge on any atom is 0.416 e. The third-order valence-corrected chi connectivity index (χ3v) is 3.62. The van der Waals surface area contributed by atoms with Crippen LogP contribution in [0.1, 0.15) is 37.4 Å². The number of nitrogens with one attached hydrogen (secondary N) is 1. The lowest BCUT2D eigenvalue weighted by Gasteiger charge is -2.15. The van der Waals surface area contributed by atoms with Crippen LogP contribution in [0.5, 0.6) is 0 Å². The highest BCUT2D eigenvalue weighted by atomic mass is 19.4. The van der Waals surface area contributed by atoms with E-state index in [4.69, 9.17) is 5.73 Å². The number of alkyl halides is 6. The van der Waals surface area contributed by atoms with E-state index < -0.39 is 40.9 Å². The Balaban J connectivity index is 2.51. The normalized spacial score (nSPS) is 12.0. The van der Waals surface area contributed by atoms with E-state index in [1.54, 1.807) is 0 Å². The number of aryl methyl sites for hydroxylation is 1. The van der Waals surface area contributed by atoms with Crippen molar-refractivity contribution in [3.63, 3.8) is 0 Å². The van der Waals surface area contributed by atoms with Crippen molar-refractivity contribution in [2.75, 3.05) is 5.32 Å². The third-order valence-electron chi connectivity index (χ3n) is 3.62. The predicted octanol–water partition coefficient (Wildman–Crippen LogP) is 4.38. The molecule has 0 heterocycles. The molecule has 2 aromatic carbocycles. The van der Waals surface area contributed by atoms with Crippen LogP contribution in [0.2, 0.25) is 0 Å². The Kier molecular flexibility index (Phi) is 5.21. The van der Waals surface area contributed by atoms with Crippen LogP contribution >= 0.6 is 0 Å². The number of halogens is 6. The minimum absolute atomic E-state index is 0.0850. The van der Waals surface area contributed by atoms with Crippen molar-refractivity contribution in [3.05, 3.63) is 64.2 Å². The summed E-state index contributed by atoms with van der Waals surface area (Å²) in [6.07, 6.45) is -10.2. The van der Waals surface area contributed by atoms with Gasteiger partial charge in [-0.1, -0.05) is 12.1 Å². The first-order chi connectivity index (χ1) is 12.3. The largest absolute Gasteiger partial charge is 0.416 e. The minimum atomic E-state index is -5.09. The number of primary amides is 1. The van der Waals surface area contributed by atoms with E-state index in [0.29, 0.717) is 17.7 Å². The van der Waals surface area contributed by atoms with Gasteiger partial charge in [0.2, 0.25) is 0 Å². The van der Waals surface area contributed by atoms with Gasteiger partial charge >= 0.3 is 12.4 Å². The first-order valence-corrected chi connectivity index (χ1v) is 7.31. The Bertz CT molecular complexity index is 871. The fourth-order valence-electron chi connectivity index (χ4n) is 2.38. The molecule has 0 bridgehead atoms. The molecule has 144 valence electrons. The molecule has 0 spiro atoms. The summed E-state index contributed by atoms with van der Waals surface area (Å²) in [7, 11) is 0. The minimum Gasteiger partial charge on any atom is -0.366 e. The van der Waals surface area contributed by atoms with Crippen LogP contribution in [0.15, 0.2) is 36.4 Å². The van der Waals surface area contributed by atoms with Crippen LogP contribution in [0.4, 0.5) is 32.0 Å².